The molecule has 0 spiro atoms. The Hall–Kier alpha value is -0.670. The van der Waals surface area contributed by atoms with Gasteiger partial charge in [-0.1, -0.05) is 36.0 Å². The van der Waals surface area contributed by atoms with Crippen LogP contribution in [0.4, 0.5) is 11.6 Å². The molecule has 1 aromatic heterocycles. The highest BCUT2D eigenvalue weighted by Crippen LogP contribution is 2.41. The fourth-order valence-electron chi connectivity index (χ4n) is 3.62. The molecule has 0 amide bonds. The predicted octanol–water partition coefficient (Wildman–Crippen LogP) is 4.59. The van der Waals surface area contributed by atoms with Crippen molar-refractivity contribution in [3.8, 4) is 0 Å². The zero-order chi connectivity index (χ0) is 14.1. The van der Waals surface area contributed by atoms with Crippen LogP contribution in [-0.2, 0) is 0 Å². The molecule has 2 atom stereocenters. The van der Waals surface area contributed by atoms with E-state index in [-0.39, 0.29) is 0 Å². The highest BCUT2D eigenvalue weighted by atomic mass is 35.5. The largest absolute Gasteiger partial charge is 0.369 e. The Kier molecular flexibility index (Phi) is 4.27. The normalized spacial score (nSPS) is 25.6. The number of hydrogen-bond donors (Lipinski definition) is 1. The first-order valence-corrected chi connectivity index (χ1v) is 8.33. The molecule has 1 aromatic rings. The molecule has 1 saturated heterocycles. The topological polar surface area (TPSA) is 28.2 Å². The number of fused-ring (bicyclic) bond motifs is 1. The van der Waals surface area contributed by atoms with Gasteiger partial charge in [0, 0.05) is 19.1 Å². The fraction of sp³-hybridized carbons (Fsp3) is 0.667. The summed E-state index contributed by atoms with van der Waals surface area (Å²) >= 11 is 12.6. The van der Waals surface area contributed by atoms with Crippen LogP contribution in [0.15, 0.2) is 6.07 Å². The van der Waals surface area contributed by atoms with Crippen molar-refractivity contribution in [1.29, 1.82) is 0 Å². The number of nitrogens with zero attached hydrogens (tertiary/aromatic N) is 2. The third-order valence-corrected chi connectivity index (χ3v) is 5.10. The summed E-state index contributed by atoms with van der Waals surface area (Å²) in [5, 5.41) is 4.48. The van der Waals surface area contributed by atoms with Crippen molar-refractivity contribution in [1.82, 2.24) is 4.98 Å². The van der Waals surface area contributed by atoms with Gasteiger partial charge in [-0.05, 0) is 38.2 Å². The first kappa shape index (κ1) is 14.3. The molecule has 0 aromatic carbocycles. The Morgan fingerprint density at radius 2 is 2.05 bits per heavy atom. The van der Waals surface area contributed by atoms with E-state index in [1.807, 2.05) is 13.0 Å². The molecule has 1 aliphatic heterocycles. The molecule has 110 valence electrons. The number of rotatable bonds is 3. The maximum absolute atomic E-state index is 6.40. The van der Waals surface area contributed by atoms with E-state index < -0.39 is 0 Å². The van der Waals surface area contributed by atoms with Gasteiger partial charge < -0.3 is 10.2 Å². The van der Waals surface area contributed by atoms with Gasteiger partial charge in [-0.25, -0.2) is 4.98 Å². The molecule has 1 saturated carbocycles. The molecule has 1 aliphatic carbocycles. The summed E-state index contributed by atoms with van der Waals surface area (Å²) in [5.74, 6) is 2.47. The third-order valence-electron chi connectivity index (χ3n) is 4.54. The number of hydrogen-bond acceptors (Lipinski definition) is 3. The third kappa shape index (κ3) is 2.58. The average Bonchev–Trinajstić information content (AvgIpc) is 2.86. The molecular weight excluding hydrogens is 293 g/mol. The average molecular weight is 314 g/mol. The van der Waals surface area contributed by atoms with Gasteiger partial charge in [0.25, 0.3) is 0 Å². The van der Waals surface area contributed by atoms with Crippen LogP contribution in [0.2, 0.25) is 10.0 Å². The van der Waals surface area contributed by atoms with Gasteiger partial charge in [-0.15, -0.1) is 0 Å². The minimum absolute atomic E-state index is 0.597. The number of pyridine rings is 1. The van der Waals surface area contributed by atoms with Crippen molar-refractivity contribution in [2.24, 2.45) is 5.92 Å². The Morgan fingerprint density at radius 1 is 1.25 bits per heavy atom. The summed E-state index contributed by atoms with van der Waals surface area (Å²) in [6.45, 7) is 3.91. The molecule has 2 aliphatic rings. The van der Waals surface area contributed by atoms with Crippen molar-refractivity contribution in [3.63, 3.8) is 0 Å². The van der Waals surface area contributed by atoms with Crippen molar-refractivity contribution in [2.45, 2.75) is 45.1 Å². The van der Waals surface area contributed by atoms with Crippen LogP contribution in [0, 0.1) is 5.92 Å². The lowest BCUT2D eigenvalue weighted by molar-refractivity contribution is 0.341. The van der Waals surface area contributed by atoms with Gasteiger partial charge in [-0.2, -0.15) is 0 Å². The van der Waals surface area contributed by atoms with Crippen molar-refractivity contribution in [3.05, 3.63) is 16.1 Å². The first-order chi connectivity index (χ1) is 9.70. The minimum atomic E-state index is 0.597. The highest BCUT2D eigenvalue weighted by Gasteiger charge is 2.37. The molecular formula is C15H21Cl2N3. The van der Waals surface area contributed by atoms with Crippen LogP contribution in [0.3, 0.4) is 0 Å². The SMILES string of the molecule is CCNc1nc(N2CCC3CCCCC32)c(Cl)cc1Cl. The van der Waals surface area contributed by atoms with Crippen LogP contribution < -0.4 is 10.2 Å². The van der Waals surface area contributed by atoms with Crippen LogP contribution >= 0.6 is 23.2 Å². The Labute approximate surface area is 130 Å². The number of halogens is 2. The molecule has 0 bridgehead atoms. The number of nitrogens with one attached hydrogen (secondary N) is 1. The van der Waals surface area contributed by atoms with Gasteiger partial charge in [0.05, 0.1) is 10.0 Å². The molecule has 0 radical (unpaired) electrons. The zero-order valence-electron chi connectivity index (χ0n) is 11.8. The second-order valence-electron chi connectivity index (χ2n) is 5.75. The maximum Gasteiger partial charge on any atom is 0.150 e. The van der Waals surface area contributed by atoms with Crippen molar-refractivity contribution in [2.75, 3.05) is 23.3 Å². The van der Waals surface area contributed by atoms with Gasteiger partial charge in [0.2, 0.25) is 0 Å². The van der Waals surface area contributed by atoms with Crippen LogP contribution in [0.25, 0.3) is 0 Å². The minimum Gasteiger partial charge on any atom is -0.369 e. The number of anilines is 2. The lowest BCUT2D eigenvalue weighted by Gasteiger charge is -2.33. The van der Waals surface area contributed by atoms with Gasteiger partial charge in [-0.3, -0.25) is 0 Å². The monoisotopic (exact) mass is 313 g/mol. The van der Waals surface area contributed by atoms with E-state index in [0.29, 0.717) is 16.1 Å². The Morgan fingerprint density at radius 3 is 2.85 bits per heavy atom. The van der Waals surface area contributed by atoms with E-state index in [2.05, 4.69) is 15.2 Å². The second kappa shape index (κ2) is 5.98. The molecule has 3 rings (SSSR count). The number of aromatic nitrogens is 1. The summed E-state index contributed by atoms with van der Waals surface area (Å²) in [6.07, 6.45) is 6.58. The summed E-state index contributed by atoms with van der Waals surface area (Å²) in [6, 6.07) is 2.43. The summed E-state index contributed by atoms with van der Waals surface area (Å²) < 4.78 is 0. The molecule has 3 nitrogen and oxygen atoms in total. The van der Waals surface area contributed by atoms with Gasteiger partial charge >= 0.3 is 0 Å². The zero-order valence-corrected chi connectivity index (χ0v) is 13.3. The lowest BCUT2D eigenvalue weighted by atomic mass is 9.85. The predicted molar refractivity (Wildman–Crippen MR) is 86.1 cm³/mol. The lowest BCUT2D eigenvalue weighted by Crippen LogP contribution is -2.35. The molecule has 2 heterocycles. The second-order valence-corrected chi connectivity index (χ2v) is 6.56. The fourth-order valence-corrected chi connectivity index (χ4v) is 4.15. The van der Waals surface area contributed by atoms with E-state index in [1.54, 1.807) is 0 Å². The Balaban J connectivity index is 1.91. The maximum atomic E-state index is 6.40. The van der Waals surface area contributed by atoms with Crippen LogP contribution in [-0.4, -0.2) is 24.1 Å². The highest BCUT2D eigenvalue weighted by molar-refractivity contribution is 6.37. The first-order valence-electron chi connectivity index (χ1n) is 7.57. The van der Waals surface area contributed by atoms with Crippen LogP contribution in [0.5, 0.6) is 0 Å². The van der Waals surface area contributed by atoms with Crippen molar-refractivity contribution < 1.29 is 0 Å². The van der Waals surface area contributed by atoms with Crippen molar-refractivity contribution >= 4 is 34.8 Å². The van der Waals surface area contributed by atoms with Gasteiger partial charge in [0.1, 0.15) is 11.6 Å². The van der Waals surface area contributed by atoms with E-state index in [9.17, 15) is 0 Å². The quantitative estimate of drug-likeness (QED) is 0.884. The Bertz CT molecular complexity index is 492. The van der Waals surface area contributed by atoms with Gasteiger partial charge in [0.15, 0.2) is 0 Å². The van der Waals surface area contributed by atoms with E-state index in [1.165, 1.54) is 32.1 Å². The van der Waals surface area contributed by atoms with E-state index in [0.717, 1.165) is 30.6 Å². The summed E-state index contributed by atoms with van der Waals surface area (Å²) in [4.78, 5) is 7.09. The molecule has 2 fully saturated rings. The molecule has 1 N–H and O–H groups in total. The smallest absolute Gasteiger partial charge is 0.150 e. The van der Waals surface area contributed by atoms with E-state index >= 15 is 0 Å². The molecule has 20 heavy (non-hydrogen) atoms. The summed E-state index contributed by atoms with van der Waals surface area (Å²) in [7, 11) is 0. The summed E-state index contributed by atoms with van der Waals surface area (Å²) in [5.41, 5.74) is 0. The molecule has 5 heteroatoms. The standard InChI is InChI=1S/C15H21Cl2N3/c1-2-18-14-11(16)9-12(17)15(19-14)20-8-7-10-5-3-4-6-13(10)20/h9-10,13H,2-8H2,1H3,(H,18,19). The molecule has 2 unspecified atom stereocenters. The van der Waals surface area contributed by atoms with E-state index in [4.69, 9.17) is 23.2 Å². The van der Waals surface area contributed by atoms with Crippen LogP contribution in [0.1, 0.15) is 39.0 Å².